The smallest absolute Gasteiger partial charge is 0.201 e. The van der Waals surface area contributed by atoms with Crippen molar-refractivity contribution in [3.05, 3.63) is 52.3 Å². The number of aromatic amines is 1. The van der Waals surface area contributed by atoms with Gasteiger partial charge in [-0.3, -0.25) is 10.6 Å². The van der Waals surface area contributed by atoms with Gasteiger partial charge in [-0.05, 0) is 31.3 Å². The molecule has 0 amide bonds. The van der Waals surface area contributed by atoms with Gasteiger partial charge in [0.2, 0.25) is 5.95 Å². The Morgan fingerprint density at radius 2 is 2.00 bits per heavy atom. The number of halogens is 4. The zero-order valence-corrected chi connectivity index (χ0v) is 15.3. The highest BCUT2D eigenvalue weighted by atomic mass is 35.5. The van der Waals surface area contributed by atoms with E-state index in [0.29, 0.717) is 18.2 Å². The van der Waals surface area contributed by atoms with Crippen molar-refractivity contribution in [2.75, 3.05) is 30.5 Å². The second-order valence-corrected chi connectivity index (χ2v) is 6.23. The molecule has 0 bridgehead atoms. The lowest BCUT2D eigenvalue weighted by atomic mass is 10.1. The molecule has 1 heterocycles. The first kappa shape index (κ1) is 19.9. The molecule has 0 radical (unpaired) electrons. The van der Waals surface area contributed by atoms with Crippen molar-refractivity contribution in [3.8, 4) is 0 Å². The molecule has 0 fully saturated rings. The molecule has 7 nitrogen and oxygen atoms in total. The molecule has 0 aliphatic rings. The molecule has 5 N–H and O–H groups in total. The van der Waals surface area contributed by atoms with Gasteiger partial charge >= 0.3 is 0 Å². The quantitative estimate of drug-likeness (QED) is 0.185. The van der Waals surface area contributed by atoms with E-state index in [2.05, 4.69) is 20.6 Å². The van der Waals surface area contributed by atoms with E-state index in [1.54, 1.807) is 7.05 Å². The molecule has 0 saturated heterocycles. The van der Waals surface area contributed by atoms with E-state index >= 15 is 0 Å². The van der Waals surface area contributed by atoms with Crippen molar-refractivity contribution < 1.29 is 18.4 Å². The van der Waals surface area contributed by atoms with Crippen molar-refractivity contribution in [1.29, 1.82) is 5.41 Å². The van der Waals surface area contributed by atoms with Crippen LogP contribution < -0.4 is 15.7 Å². The van der Waals surface area contributed by atoms with Crippen LogP contribution in [0.1, 0.15) is 5.56 Å². The average Bonchev–Trinajstić information content (AvgIpc) is 3.10. The monoisotopic (exact) mass is 412 g/mol. The maximum Gasteiger partial charge on any atom is 0.201 e. The number of nitrogens with one attached hydrogen (secondary N) is 4. The molecule has 148 valence electrons. The van der Waals surface area contributed by atoms with Crippen molar-refractivity contribution in [1.82, 2.24) is 15.3 Å². The molecule has 0 aliphatic heterocycles. The lowest BCUT2D eigenvalue weighted by Crippen LogP contribution is -2.27. The minimum absolute atomic E-state index is 0.0168. The summed E-state index contributed by atoms with van der Waals surface area (Å²) < 4.78 is 41.5. The standard InChI is InChI=1S/C17H16ClF3N6O/c1-23-4-5-24-17-25-14-9(7-12(20)13(21)15(14)26-17)16(22)27(28)8-2-3-11(19)10(18)6-8/h2-3,6-7,22-23,28H,4-5H2,1H3,(H2,24,25,26). The highest BCUT2D eigenvalue weighted by Crippen LogP contribution is 2.28. The van der Waals surface area contributed by atoms with E-state index in [1.807, 2.05) is 0 Å². The van der Waals surface area contributed by atoms with E-state index in [9.17, 15) is 18.4 Å². The zero-order valence-electron chi connectivity index (χ0n) is 14.6. The van der Waals surface area contributed by atoms with Gasteiger partial charge in [-0.1, -0.05) is 11.6 Å². The Labute approximate surface area is 162 Å². The largest absolute Gasteiger partial charge is 0.355 e. The zero-order chi connectivity index (χ0) is 20.4. The fourth-order valence-corrected chi connectivity index (χ4v) is 2.71. The summed E-state index contributed by atoms with van der Waals surface area (Å²) in [4.78, 5) is 6.75. The lowest BCUT2D eigenvalue weighted by Gasteiger charge is -2.18. The van der Waals surface area contributed by atoms with Crippen LogP contribution in [0.5, 0.6) is 0 Å². The molecule has 3 aromatic rings. The Morgan fingerprint density at radius 3 is 2.68 bits per heavy atom. The number of likely N-dealkylation sites (N-methyl/N-ethyl adjacent to an activating group) is 1. The Balaban J connectivity index is 2.01. The number of benzene rings is 2. The summed E-state index contributed by atoms with van der Waals surface area (Å²) in [6.45, 7) is 1.07. The first-order chi connectivity index (χ1) is 13.3. The Kier molecular flexibility index (Phi) is 5.73. The molecule has 2 aromatic carbocycles. The topological polar surface area (TPSA) is 100 Å². The Bertz CT molecular complexity index is 1040. The van der Waals surface area contributed by atoms with Gasteiger partial charge in [-0.25, -0.2) is 23.2 Å². The van der Waals surface area contributed by atoms with Crippen LogP contribution in [0.15, 0.2) is 24.3 Å². The van der Waals surface area contributed by atoms with Gasteiger partial charge in [0.15, 0.2) is 17.5 Å². The number of nitrogens with zero attached hydrogens (tertiary/aromatic N) is 2. The van der Waals surface area contributed by atoms with Gasteiger partial charge in [0, 0.05) is 18.7 Å². The summed E-state index contributed by atoms with van der Waals surface area (Å²) in [5.41, 5.74) is -0.479. The number of hydrogen-bond acceptors (Lipinski definition) is 5. The molecule has 0 saturated carbocycles. The summed E-state index contributed by atoms with van der Waals surface area (Å²) in [6.07, 6.45) is 0. The maximum absolute atomic E-state index is 14.2. The van der Waals surface area contributed by atoms with Crippen LogP contribution in [-0.4, -0.2) is 41.1 Å². The molecule has 1 aromatic heterocycles. The number of hydroxylamine groups is 1. The predicted molar refractivity (Wildman–Crippen MR) is 101 cm³/mol. The van der Waals surface area contributed by atoms with E-state index in [4.69, 9.17) is 17.0 Å². The molecular weight excluding hydrogens is 397 g/mol. The highest BCUT2D eigenvalue weighted by molar-refractivity contribution is 6.31. The fraction of sp³-hybridized carbons (Fsp3) is 0.176. The first-order valence-electron chi connectivity index (χ1n) is 8.12. The number of imidazole rings is 1. The molecule has 3 rings (SSSR count). The summed E-state index contributed by atoms with van der Waals surface area (Å²) >= 11 is 5.69. The third kappa shape index (κ3) is 3.75. The first-order valence-corrected chi connectivity index (χ1v) is 8.50. The number of aromatic nitrogens is 2. The van der Waals surface area contributed by atoms with Crippen LogP contribution in [0, 0.1) is 22.9 Å². The van der Waals surface area contributed by atoms with Gasteiger partial charge in [0.05, 0.1) is 16.2 Å². The highest BCUT2D eigenvalue weighted by Gasteiger charge is 2.22. The SMILES string of the molecule is CNCCNc1nc2c(F)c(F)cc(C(=N)N(O)c3ccc(F)c(Cl)c3)c2[nH]1. The van der Waals surface area contributed by atoms with E-state index in [0.717, 1.165) is 18.2 Å². The number of H-pyrrole nitrogens is 1. The molecule has 11 heteroatoms. The Hall–Kier alpha value is -2.82. The molecule has 0 spiro atoms. The van der Waals surface area contributed by atoms with Crippen LogP contribution >= 0.6 is 11.6 Å². The number of amidine groups is 1. The summed E-state index contributed by atoms with van der Waals surface area (Å²) in [5.74, 6) is -3.52. The van der Waals surface area contributed by atoms with Crippen LogP contribution in [0.2, 0.25) is 5.02 Å². The van der Waals surface area contributed by atoms with Gasteiger partial charge in [0.1, 0.15) is 11.3 Å². The normalized spacial score (nSPS) is 11.1. The van der Waals surface area contributed by atoms with Gasteiger partial charge in [0.25, 0.3) is 0 Å². The molecule has 0 unspecified atom stereocenters. The number of fused-ring (bicyclic) bond motifs is 1. The molecule has 0 aliphatic carbocycles. The second-order valence-electron chi connectivity index (χ2n) is 5.82. The molecular formula is C17H16ClF3N6O. The predicted octanol–water partition coefficient (Wildman–Crippen LogP) is 3.49. The van der Waals surface area contributed by atoms with Crippen LogP contribution in [0.3, 0.4) is 0 Å². The minimum atomic E-state index is -1.23. The summed E-state index contributed by atoms with van der Waals surface area (Å²) in [5, 5.41) is 24.4. The summed E-state index contributed by atoms with van der Waals surface area (Å²) in [6, 6.07) is 4.06. The van der Waals surface area contributed by atoms with Gasteiger partial charge in [-0.2, -0.15) is 0 Å². The molecule has 0 atom stereocenters. The number of anilines is 2. The van der Waals surface area contributed by atoms with Crippen molar-refractivity contribution in [2.24, 2.45) is 0 Å². The minimum Gasteiger partial charge on any atom is -0.355 e. The van der Waals surface area contributed by atoms with E-state index < -0.39 is 23.3 Å². The van der Waals surface area contributed by atoms with Crippen molar-refractivity contribution in [3.63, 3.8) is 0 Å². The third-order valence-electron chi connectivity index (χ3n) is 3.94. The van der Waals surface area contributed by atoms with Crippen molar-refractivity contribution >= 4 is 40.1 Å². The van der Waals surface area contributed by atoms with Gasteiger partial charge in [-0.15, -0.1) is 0 Å². The van der Waals surface area contributed by atoms with Crippen LogP contribution in [0.4, 0.5) is 24.8 Å². The van der Waals surface area contributed by atoms with Gasteiger partial charge < -0.3 is 15.6 Å². The third-order valence-corrected chi connectivity index (χ3v) is 4.23. The lowest BCUT2D eigenvalue weighted by molar-refractivity contribution is 0.312. The van der Waals surface area contributed by atoms with Crippen molar-refractivity contribution in [2.45, 2.75) is 0 Å². The van der Waals surface area contributed by atoms with E-state index in [-0.39, 0.29) is 33.3 Å². The number of rotatable bonds is 6. The second kappa shape index (κ2) is 8.05. The van der Waals surface area contributed by atoms with E-state index in [1.165, 1.54) is 6.07 Å². The molecule has 28 heavy (non-hydrogen) atoms. The Morgan fingerprint density at radius 1 is 1.25 bits per heavy atom. The maximum atomic E-state index is 14.2. The summed E-state index contributed by atoms with van der Waals surface area (Å²) in [7, 11) is 1.76. The van der Waals surface area contributed by atoms with Crippen LogP contribution in [-0.2, 0) is 0 Å². The van der Waals surface area contributed by atoms with Crippen LogP contribution in [0.25, 0.3) is 11.0 Å². The fourth-order valence-electron chi connectivity index (χ4n) is 2.54. The average molecular weight is 413 g/mol. The number of hydrogen-bond donors (Lipinski definition) is 5.